The molecular weight excluding hydrogens is 281 g/mol. The van der Waals surface area contributed by atoms with Crippen molar-refractivity contribution in [3.05, 3.63) is 33.6 Å². The smallest absolute Gasteiger partial charge is 0.285 e. The number of hydrogen-bond donors (Lipinski definition) is 2. The van der Waals surface area contributed by atoms with Gasteiger partial charge < -0.3 is 15.3 Å². The zero-order valence-electron chi connectivity index (χ0n) is 12.1. The van der Waals surface area contributed by atoms with Gasteiger partial charge in [-0.15, -0.1) is 0 Å². The molecule has 1 amide bonds. The van der Waals surface area contributed by atoms with Crippen LogP contribution in [-0.4, -0.2) is 47.1 Å². The lowest BCUT2D eigenvalue weighted by molar-refractivity contribution is -0.385. The molecule has 1 aromatic carbocycles. The van der Waals surface area contributed by atoms with Crippen LogP contribution in [0.5, 0.6) is 0 Å². The van der Waals surface area contributed by atoms with Gasteiger partial charge in [0.15, 0.2) is 5.82 Å². The second kappa shape index (κ2) is 6.98. The normalized spacial score (nSPS) is 11.9. The summed E-state index contributed by atoms with van der Waals surface area (Å²) in [6, 6.07) is 1.85. The number of nitrogens with zero attached hydrogens (tertiary/aromatic N) is 2. The molecule has 0 radical (unpaired) electrons. The Kier molecular flexibility index (Phi) is 5.60. The SMILES string of the molecule is CCNc1cc(C(=O)N(C)CC(C)O)c([N+](=O)[O-])cc1F. The first kappa shape index (κ1) is 16.8. The average Bonchev–Trinajstić information content (AvgIpc) is 2.39. The van der Waals surface area contributed by atoms with E-state index in [0.717, 1.165) is 17.0 Å². The molecule has 0 bridgehead atoms. The molecule has 116 valence electrons. The van der Waals surface area contributed by atoms with Gasteiger partial charge in [-0.25, -0.2) is 4.39 Å². The Bertz CT molecular complexity index is 548. The van der Waals surface area contributed by atoms with E-state index >= 15 is 0 Å². The number of carbonyl (C=O) groups excluding carboxylic acids is 1. The highest BCUT2D eigenvalue weighted by Crippen LogP contribution is 2.27. The third kappa shape index (κ3) is 4.12. The van der Waals surface area contributed by atoms with Crippen molar-refractivity contribution in [2.75, 3.05) is 25.5 Å². The van der Waals surface area contributed by atoms with Crippen molar-refractivity contribution in [3.63, 3.8) is 0 Å². The summed E-state index contributed by atoms with van der Waals surface area (Å²) in [5.74, 6) is -1.44. The van der Waals surface area contributed by atoms with E-state index in [1.165, 1.54) is 14.0 Å². The lowest BCUT2D eigenvalue weighted by atomic mass is 10.1. The first-order valence-electron chi connectivity index (χ1n) is 6.43. The zero-order valence-corrected chi connectivity index (χ0v) is 12.1. The molecule has 2 N–H and O–H groups in total. The molecule has 21 heavy (non-hydrogen) atoms. The molecule has 1 unspecified atom stereocenters. The van der Waals surface area contributed by atoms with Crippen LogP contribution in [0.15, 0.2) is 12.1 Å². The average molecular weight is 299 g/mol. The summed E-state index contributed by atoms with van der Waals surface area (Å²) in [5, 5.41) is 23.0. The lowest BCUT2D eigenvalue weighted by Crippen LogP contribution is -2.33. The van der Waals surface area contributed by atoms with Gasteiger partial charge >= 0.3 is 0 Å². The Morgan fingerprint density at radius 3 is 2.67 bits per heavy atom. The molecular formula is C13H18FN3O4. The number of nitro groups is 1. The minimum Gasteiger partial charge on any atom is -0.392 e. The fourth-order valence-electron chi connectivity index (χ4n) is 1.90. The minimum atomic E-state index is -0.803. The largest absolute Gasteiger partial charge is 0.392 e. The Morgan fingerprint density at radius 2 is 2.19 bits per heavy atom. The van der Waals surface area contributed by atoms with Crippen LogP contribution >= 0.6 is 0 Å². The van der Waals surface area contributed by atoms with Crippen molar-refractivity contribution in [2.24, 2.45) is 0 Å². The van der Waals surface area contributed by atoms with Crippen molar-refractivity contribution in [1.29, 1.82) is 0 Å². The Morgan fingerprint density at radius 1 is 1.57 bits per heavy atom. The van der Waals surface area contributed by atoms with Crippen LogP contribution in [-0.2, 0) is 0 Å². The second-order valence-corrected chi connectivity index (χ2v) is 4.67. The maximum atomic E-state index is 13.7. The molecule has 0 aliphatic rings. The van der Waals surface area contributed by atoms with Crippen molar-refractivity contribution in [3.8, 4) is 0 Å². The van der Waals surface area contributed by atoms with Gasteiger partial charge in [0, 0.05) is 20.1 Å². The Hall–Kier alpha value is -2.22. The fraction of sp³-hybridized carbons (Fsp3) is 0.462. The van der Waals surface area contributed by atoms with Crippen LogP contribution in [0.2, 0.25) is 0 Å². The Labute approximate surface area is 121 Å². The van der Waals surface area contributed by atoms with Crippen molar-refractivity contribution < 1.29 is 19.2 Å². The highest BCUT2D eigenvalue weighted by atomic mass is 19.1. The zero-order chi connectivity index (χ0) is 16.2. The van der Waals surface area contributed by atoms with E-state index in [2.05, 4.69) is 5.32 Å². The molecule has 0 heterocycles. The number of anilines is 1. The van der Waals surface area contributed by atoms with E-state index < -0.39 is 28.4 Å². The number of halogens is 1. The van der Waals surface area contributed by atoms with Crippen LogP contribution < -0.4 is 5.32 Å². The summed E-state index contributed by atoms with van der Waals surface area (Å²) in [6.45, 7) is 3.66. The molecule has 0 saturated carbocycles. The number of benzene rings is 1. The third-order valence-electron chi connectivity index (χ3n) is 2.76. The first-order chi connectivity index (χ1) is 9.77. The van der Waals surface area contributed by atoms with Crippen LogP contribution in [0.25, 0.3) is 0 Å². The summed E-state index contributed by atoms with van der Waals surface area (Å²) in [7, 11) is 1.41. The topological polar surface area (TPSA) is 95.7 Å². The van der Waals surface area contributed by atoms with Crippen LogP contribution in [0.3, 0.4) is 0 Å². The highest BCUT2D eigenvalue weighted by molar-refractivity contribution is 5.99. The van der Waals surface area contributed by atoms with E-state index in [1.54, 1.807) is 6.92 Å². The number of rotatable bonds is 6. The van der Waals surface area contributed by atoms with E-state index in [-0.39, 0.29) is 17.8 Å². The second-order valence-electron chi connectivity index (χ2n) is 4.67. The van der Waals surface area contributed by atoms with E-state index in [1.807, 2.05) is 0 Å². The fourth-order valence-corrected chi connectivity index (χ4v) is 1.90. The number of carbonyl (C=O) groups is 1. The van der Waals surface area contributed by atoms with Gasteiger partial charge in [0.1, 0.15) is 5.56 Å². The van der Waals surface area contributed by atoms with Crippen LogP contribution in [0, 0.1) is 15.9 Å². The number of amides is 1. The number of likely N-dealkylation sites (N-methyl/N-ethyl adjacent to an activating group) is 1. The Balaban J connectivity index is 3.27. The number of hydrogen-bond acceptors (Lipinski definition) is 5. The van der Waals surface area contributed by atoms with Gasteiger partial charge in [-0.05, 0) is 19.9 Å². The molecule has 7 nitrogen and oxygen atoms in total. The molecule has 0 spiro atoms. The number of aliphatic hydroxyl groups excluding tert-OH is 1. The van der Waals surface area contributed by atoms with Gasteiger partial charge in [-0.1, -0.05) is 0 Å². The molecule has 8 heteroatoms. The summed E-state index contributed by atoms with van der Waals surface area (Å²) >= 11 is 0. The maximum absolute atomic E-state index is 13.7. The maximum Gasteiger partial charge on any atom is 0.285 e. The predicted molar refractivity (Wildman–Crippen MR) is 75.9 cm³/mol. The highest BCUT2D eigenvalue weighted by Gasteiger charge is 2.26. The van der Waals surface area contributed by atoms with Crippen molar-refractivity contribution in [1.82, 2.24) is 4.90 Å². The molecule has 1 atom stereocenters. The standard InChI is InChI=1S/C13H18FN3O4/c1-4-15-11-5-9(12(17(20)21)6-10(11)14)13(19)16(3)7-8(2)18/h5-6,8,15,18H,4,7H2,1-3H3. The van der Waals surface area contributed by atoms with Gasteiger partial charge in [0.05, 0.1) is 22.8 Å². The van der Waals surface area contributed by atoms with Crippen LogP contribution in [0.1, 0.15) is 24.2 Å². The van der Waals surface area contributed by atoms with Gasteiger partial charge in [-0.3, -0.25) is 14.9 Å². The van der Waals surface area contributed by atoms with Crippen molar-refractivity contribution >= 4 is 17.3 Å². The van der Waals surface area contributed by atoms with Gasteiger partial charge in [-0.2, -0.15) is 0 Å². The predicted octanol–water partition coefficient (Wildman–Crippen LogP) is 1.62. The number of aliphatic hydroxyl groups is 1. The number of nitrogens with one attached hydrogen (secondary N) is 1. The lowest BCUT2D eigenvalue weighted by Gasteiger charge is -2.19. The summed E-state index contributed by atoms with van der Waals surface area (Å²) in [4.78, 5) is 23.6. The van der Waals surface area contributed by atoms with E-state index in [9.17, 15) is 24.4 Å². The van der Waals surface area contributed by atoms with Crippen LogP contribution in [0.4, 0.5) is 15.8 Å². The summed E-state index contributed by atoms with van der Waals surface area (Å²) in [5.41, 5.74) is -0.797. The minimum absolute atomic E-state index is 0.0178. The third-order valence-corrected chi connectivity index (χ3v) is 2.76. The number of nitro benzene ring substituents is 1. The van der Waals surface area contributed by atoms with Gasteiger partial charge in [0.25, 0.3) is 11.6 Å². The summed E-state index contributed by atoms with van der Waals surface area (Å²) in [6.07, 6.45) is -0.772. The quantitative estimate of drug-likeness (QED) is 0.614. The van der Waals surface area contributed by atoms with E-state index in [0.29, 0.717) is 6.54 Å². The molecule has 0 saturated heterocycles. The molecule has 0 aliphatic heterocycles. The van der Waals surface area contributed by atoms with E-state index in [4.69, 9.17) is 0 Å². The van der Waals surface area contributed by atoms with Crippen molar-refractivity contribution in [2.45, 2.75) is 20.0 Å². The first-order valence-corrected chi connectivity index (χ1v) is 6.43. The molecule has 1 aromatic rings. The monoisotopic (exact) mass is 299 g/mol. The van der Waals surface area contributed by atoms with Gasteiger partial charge in [0.2, 0.25) is 0 Å². The molecule has 0 fully saturated rings. The molecule has 1 rings (SSSR count). The summed E-state index contributed by atoms with van der Waals surface area (Å²) < 4.78 is 13.7. The molecule has 0 aromatic heterocycles. The molecule has 0 aliphatic carbocycles.